The maximum absolute atomic E-state index is 13.5. The Kier molecular flexibility index (Phi) is 22.8. The summed E-state index contributed by atoms with van der Waals surface area (Å²) in [5.41, 5.74) is 16.1. The topological polar surface area (TPSA) is 306 Å². The summed E-state index contributed by atoms with van der Waals surface area (Å²) in [7, 11) is 0. The zero-order chi connectivity index (χ0) is 58.0. The minimum atomic E-state index is -4.68. The lowest BCUT2D eigenvalue weighted by molar-refractivity contribution is -0.137. The number of nitrogens with zero attached hydrogens (tertiary/aromatic N) is 5. The highest BCUT2D eigenvalue weighted by atomic mass is 19.4. The molecule has 0 spiro atoms. The molecule has 1 heterocycles. The van der Waals surface area contributed by atoms with E-state index in [1.807, 2.05) is 27.7 Å². The van der Waals surface area contributed by atoms with Crippen LogP contribution in [0.15, 0.2) is 88.0 Å². The number of nitrogens with one attached hydrogen (secondary N) is 2. The van der Waals surface area contributed by atoms with Crippen molar-refractivity contribution in [2.24, 2.45) is 33.6 Å². The van der Waals surface area contributed by atoms with Crippen molar-refractivity contribution in [1.82, 2.24) is 19.8 Å². The van der Waals surface area contributed by atoms with E-state index in [-0.39, 0.29) is 78.6 Å². The monoisotopic (exact) mass is 1080 g/mol. The molecule has 8 N–H and O–H groups in total. The number of nitrogen functional groups attached to an aromatic ring is 1. The van der Waals surface area contributed by atoms with Crippen LogP contribution in [-0.4, -0.2) is 87.0 Å². The van der Waals surface area contributed by atoms with Crippen molar-refractivity contribution in [3.8, 4) is 11.3 Å². The third-order valence-electron chi connectivity index (χ3n) is 9.42. The Labute approximate surface area is 444 Å². The van der Waals surface area contributed by atoms with E-state index in [0.29, 0.717) is 22.3 Å². The molecule has 25 heteroatoms. The number of hydrogen-bond donors (Lipinski definition) is 5. The molecule has 0 atom stereocenters. The number of nitrogens with two attached hydrogens (primary N) is 3. The maximum Gasteiger partial charge on any atom is 0.535 e. The van der Waals surface area contributed by atoms with Crippen molar-refractivity contribution in [2.45, 2.75) is 126 Å². The molecule has 0 aliphatic heterocycles. The third-order valence-corrected chi connectivity index (χ3v) is 9.42. The molecule has 420 valence electrons. The summed E-state index contributed by atoms with van der Waals surface area (Å²) in [4.78, 5) is 88.7. The summed E-state index contributed by atoms with van der Waals surface area (Å²) in [6.07, 6.45) is -7.05. The molecule has 0 radical (unpaired) electrons. The van der Waals surface area contributed by atoms with Gasteiger partial charge in [0.15, 0.2) is 17.5 Å². The largest absolute Gasteiger partial charge is 0.535 e. The number of amidine groups is 2. The summed E-state index contributed by atoms with van der Waals surface area (Å²) in [5, 5.41) is 12.7. The molecule has 0 unspecified atom stereocenters. The van der Waals surface area contributed by atoms with Crippen molar-refractivity contribution in [1.29, 1.82) is 0 Å². The highest BCUT2D eigenvalue weighted by Gasteiger charge is 2.33. The Bertz CT molecular complexity index is 2760. The standard InChI is InChI=1S/C29H34F3N7O5.C23H35N3O7/c1-16(2)15-43-28(42)44-38-25(34)19-7-5-18(6-8-19)12-35-24(40)14-39-23(13-36-26(27(39)41)37-17(3)4)20-9-21(29(30,31)32)11-22(33)10-20;1-15(2)14-30-21(29)33-25-18(24)17-11-9-16(10-12-17)13-26(19(27)31-22(3,4)5)20(28)32-23(6,7)8/h5-11,13,16-17H,12,14-15,33H2,1-4H3,(H2,34,38)(H,35,40)(H,36,37);9-12,15H,13-14H2,1-8H3,(H2,24,25). The molecule has 3 amide bonds. The summed E-state index contributed by atoms with van der Waals surface area (Å²) in [6.45, 7) is 21.1. The number of ether oxygens (including phenoxy) is 4. The van der Waals surface area contributed by atoms with Crippen LogP contribution in [0.4, 0.5) is 43.9 Å². The van der Waals surface area contributed by atoms with Crippen LogP contribution in [0.3, 0.4) is 0 Å². The number of anilines is 2. The smallest absolute Gasteiger partial charge is 0.443 e. The van der Waals surface area contributed by atoms with E-state index in [2.05, 4.69) is 35.6 Å². The zero-order valence-corrected chi connectivity index (χ0v) is 45.2. The Balaban J connectivity index is 0.000000423. The molecule has 0 fully saturated rings. The molecular weight excluding hydrogens is 1010 g/mol. The molecule has 3 aromatic carbocycles. The van der Waals surface area contributed by atoms with Gasteiger partial charge in [-0.25, -0.2) is 29.1 Å². The first kappa shape index (κ1) is 62.9. The van der Waals surface area contributed by atoms with E-state index in [1.165, 1.54) is 12.3 Å². The van der Waals surface area contributed by atoms with Crippen LogP contribution in [0.1, 0.15) is 111 Å². The number of amides is 3. The average molecular weight is 1080 g/mol. The normalized spacial score (nSPS) is 12.0. The van der Waals surface area contributed by atoms with E-state index in [0.717, 1.165) is 21.6 Å². The van der Waals surface area contributed by atoms with Gasteiger partial charge in [0.25, 0.3) is 5.56 Å². The van der Waals surface area contributed by atoms with Gasteiger partial charge in [0.2, 0.25) is 5.91 Å². The number of imide groups is 1. The Hall–Kier alpha value is -8.38. The summed E-state index contributed by atoms with van der Waals surface area (Å²) < 4.78 is 61.8. The highest BCUT2D eigenvalue weighted by Crippen LogP contribution is 2.34. The van der Waals surface area contributed by atoms with E-state index in [9.17, 15) is 41.9 Å². The van der Waals surface area contributed by atoms with Gasteiger partial charge in [-0.15, -0.1) is 0 Å². The predicted octanol–water partition coefficient (Wildman–Crippen LogP) is 8.87. The van der Waals surface area contributed by atoms with Crippen molar-refractivity contribution in [2.75, 3.05) is 24.3 Å². The number of carbonyl (C=O) groups excluding carboxylic acids is 5. The van der Waals surface area contributed by atoms with Crippen molar-refractivity contribution < 1.29 is 65.8 Å². The SMILES string of the molecule is CC(C)COC(=O)O/N=C(/N)c1ccc(CN(C(=O)OC(C)(C)C)C(=O)OC(C)(C)C)cc1.CC(C)COC(=O)O/N=C(\N)c1ccc(CNC(=O)Cn2c(-c3cc(N)cc(C(F)(F)F)c3)cnc(NC(C)C)c2=O)cc1. The van der Waals surface area contributed by atoms with Gasteiger partial charge in [-0.2, -0.15) is 13.2 Å². The van der Waals surface area contributed by atoms with Crippen molar-refractivity contribution in [3.05, 3.63) is 111 Å². The number of rotatable bonds is 17. The third kappa shape index (κ3) is 22.6. The van der Waals surface area contributed by atoms with Gasteiger partial charge in [0.05, 0.1) is 37.2 Å². The van der Waals surface area contributed by atoms with Crippen LogP contribution in [0.25, 0.3) is 11.3 Å². The second kappa shape index (κ2) is 28.0. The van der Waals surface area contributed by atoms with Gasteiger partial charge in [-0.05, 0) is 96.6 Å². The molecule has 1 aromatic heterocycles. The lowest BCUT2D eigenvalue weighted by atomic mass is 10.1. The Morgan fingerprint density at radius 3 is 1.61 bits per heavy atom. The fraction of sp³-hybridized carbons (Fsp3) is 0.442. The fourth-order valence-corrected chi connectivity index (χ4v) is 6.01. The van der Waals surface area contributed by atoms with Crippen LogP contribution in [0, 0.1) is 11.8 Å². The number of aromatic nitrogens is 2. The highest BCUT2D eigenvalue weighted by molar-refractivity contribution is 5.98. The minimum Gasteiger partial charge on any atom is -0.443 e. The molecule has 0 bridgehead atoms. The molecule has 77 heavy (non-hydrogen) atoms. The summed E-state index contributed by atoms with van der Waals surface area (Å²) in [6, 6.07) is 15.7. The Morgan fingerprint density at radius 1 is 0.714 bits per heavy atom. The number of alkyl halides is 3. The maximum atomic E-state index is 13.5. The molecule has 0 saturated heterocycles. The van der Waals surface area contributed by atoms with E-state index < -0.39 is 65.5 Å². The number of carbonyl (C=O) groups is 5. The number of oxime groups is 2. The quantitative estimate of drug-likeness (QED) is 0.0125. The fourth-order valence-electron chi connectivity index (χ4n) is 6.01. The summed E-state index contributed by atoms with van der Waals surface area (Å²) in [5.74, 6) is -0.491. The zero-order valence-electron chi connectivity index (χ0n) is 45.2. The van der Waals surface area contributed by atoms with Crippen molar-refractivity contribution >= 4 is 53.6 Å². The van der Waals surface area contributed by atoms with Crippen LogP contribution in [0.5, 0.6) is 0 Å². The molecule has 4 rings (SSSR count). The Morgan fingerprint density at radius 2 is 1.18 bits per heavy atom. The molecule has 22 nitrogen and oxygen atoms in total. The van der Waals surface area contributed by atoms with Crippen LogP contribution < -0.4 is 33.4 Å². The van der Waals surface area contributed by atoms with Crippen LogP contribution in [0.2, 0.25) is 0 Å². The average Bonchev–Trinajstić information content (AvgIpc) is 3.32. The first-order valence-electron chi connectivity index (χ1n) is 24.1. The van der Waals surface area contributed by atoms with E-state index in [1.54, 1.807) is 104 Å². The number of halogens is 3. The van der Waals surface area contributed by atoms with Gasteiger partial charge in [-0.3, -0.25) is 23.8 Å². The number of benzene rings is 3. The summed E-state index contributed by atoms with van der Waals surface area (Å²) >= 11 is 0. The molecule has 0 aliphatic rings. The molecule has 4 aromatic rings. The first-order chi connectivity index (χ1) is 35.7. The lowest BCUT2D eigenvalue weighted by Crippen LogP contribution is -2.43. The first-order valence-corrected chi connectivity index (χ1v) is 24.1. The van der Waals surface area contributed by atoms with Gasteiger partial charge < -0.3 is 46.8 Å². The van der Waals surface area contributed by atoms with E-state index >= 15 is 0 Å². The second-order valence-corrected chi connectivity index (χ2v) is 20.3. The molecular formula is C52H69F3N10O12. The molecule has 0 saturated carbocycles. The lowest BCUT2D eigenvalue weighted by Gasteiger charge is -2.28. The molecule has 0 aliphatic carbocycles. The number of hydrogen-bond acceptors (Lipinski definition) is 17. The van der Waals surface area contributed by atoms with Gasteiger partial charge in [0, 0.05) is 35.0 Å². The van der Waals surface area contributed by atoms with Gasteiger partial charge >= 0.3 is 30.7 Å². The minimum absolute atomic E-state index is 0.0216. The van der Waals surface area contributed by atoms with Crippen LogP contribution in [-0.2, 0) is 59.2 Å². The van der Waals surface area contributed by atoms with E-state index in [4.69, 9.17) is 36.1 Å². The second-order valence-electron chi connectivity index (χ2n) is 20.3. The van der Waals surface area contributed by atoms with Gasteiger partial charge in [-0.1, -0.05) is 86.5 Å². The van der Waals surface area contributed by atoms with Crippen LogP contribution >= 0.6 is 0 Å². The van der Waals surface area contributed by atoms with Crippen molar-refractivity contribution in [3.63, 3.8) is 0 Å². The predicted molar refractivity (Wildman–Crippen MR) is 281 cm³/mol. The van der Waals surface area contributed by atoms with Gasteiger partial charge in [0.1, 0.15) is 17.7 Å².